The summed E-state index contributed by atoms with van der Waals surface area (Å²) in [5.74, 6) is -0.869. The Balaban J connectivity index is 3.28. The van der Waals surface area contributed by atoms with E-state index in [-0.39, 0.29) is 19.1 Å². The van der Waals surface area contributed by atoms with Gasteiger partial charge in [0.1, 0.15) is 17.7 Å². The standard InChI is InChI=1S/C24H39N3O5/c1-9-17-10-12-18(13-11-17)19(20(29)26-23(3,4)5)27(14-15-28)21(30)16(2)25-22(31)32-24(6,7)8/h10-13,16,19,28H,9,14-15H2,1-8H3,(H,25,31)(H,26,29). The minimum atomic E-state index is -0.970. The first-order chi connectivity index (χ1) is 14.7. The third-order valence-electron chi connectivity index (χ3n) is 4.49. The van der Waals surface area contributed by atoms with Gasteiger partial charge in [-0.1, -0.05) is 31.2 Å². The molecule has 2 unspecified atom stereocenters. The van der Waals surface area contributed by atoms with Crippen LogP contribution in [0.1, 0.15) is 72.6 Å². The lowest BCUT2D eigenvalue weighted by Gasteiger charge is -2.35. The number of ether oxygens (including phenoxy) is 1. The van der Waals surface area contributed by atoms with Crippen LogP contribution in [0, 0.1) is 0 Å². The van der Waals surface area contributed by atoms with Gasteiger partial charge in [-0.25, -0.2) is 4.79 Å². The van der Waals surface area contributed by atoms with E-state index in [0.717, 1.165) is 12.0 Å². The van der Waals surface area contributed by atoms with Gasteiger partial charge in [0, 0.05) is 12.1 Å². The number of hydrogen-bond donors (Lipinski definition) is 3. The fourth-order valence-electron chi connectivity index (χ4n) is 3.12. The van der Waals surface area contributed by atoms with Crippen molar-refractivity contribution in [1.82, 2.24) is 15.5 Å². The molecule has 0 aromatic heterocycles. The monoisotopic (exact) mass is 449 g/mol. The SMILES string of the molecule is CCc1ccc(C(C(=O)NC(C)(C)C)N(CCO)C(=O)C(C)NC(=O)OC(C)(C)C)cc1. The van der Waals surface area contributed by atoms with Gasteiger partial charge in [0.25, 0.3) is 0 Å². The number of aliphatic hydroxyl groups is 1. The summed E-state index contributed by atoms with van der Waals surface area (Å²) in [5, 5.41) is 15.1. The molecule has 0 aliphatic heterocycles. The van der Waals surface area contributed by atoms with Gasteiger partial charge >= 0.3 is 6.09 Å². The maximum absolute atomic E-state index is 13.3. The highest BCUT2D eigenvalue weighted by atomic mass is 16.6. The van der Waals surface area contributed by atoms with Crippen molar-refractivity contribution in [2.75, 3.05) is 13.2 Å². The topological polar surface area (TPSA) is 108 Å². The first kappa shape index (κ1) is 27.4. The van der Waals surface area contributed by atoms with E-state index in [0.29, 0.717) is 5.56 Å². The number of hydrogen-bond acceptors (Lipinski definition) is 5. The molecule has 1 aromatic carbocycles. The zero-order chi connectivity index (χ0) is 24.7. The van der Waals surface area contributed by atoms with Crippen LogP contribution in [0.4, 0.5) is 4.79 Å². The number of nitrogens with one attached hydrogen (secondary N) is 2. The van der Waals surface area contributed by atoms with Crippen molar-refractivity contribution >= 4 is 17.9 Å². The molecule has 2 atom stereocenters. The second-order valence-electron chi connectivity index (χ2n) is 9.86. The van der Waals surface area contributed by atoms with Crippen molar-refractivity contribution in [2.45, 2.75) is 85.0 Å². The van der Waals surface area contributed by atoms with E-state index < -0.39 is 35.2 Å². The lowest BCUT2D eigenvalue weighted by Crippen LogP contribution is -2.54. The van der Waals surface area contributed by atoms with E-state index in [2.05, 4.69) is 10.6 Å². The van der Waals surface area contributed by atoms with Gasteiger partial charge in [0.2, 0.25) is 11.8 Å². The van der Waals surface area contributed by atoms with Gasteiger partial charge in [0.05, 0.1) is 6.61 Å². The molecule has 3 amide bonds. The van der Waals surface area contributed by atoms with Gasteiger partial charge in [-0.05, 0) is 66.0 Å². The normalized spacial score (nSPS) is 13.7. The number of nitrogens with zero attached hydrogens (tertiary/aromatic N) is 1. The Kier molecular flexibility index (Phi) is 9.70. The van der Waals surface area contributed by atoms with Gasteiger partial charge < -0.3 is 25.4 Å². The summed E-state index contributed by atoms with van der Waals surface area (Å²) >= 11 is 0. The Morgan fingerprint density at radius 2 is 1.62 bits per heavy atom. The second kappa shape index (κ2) is 11.3. The Morgan fingerprint density at radius 1 is 1.06 bits per heavy atom. The van der Waals surface area contributed by atoms with E-state index in [1.165, 1.54) is 11.8 Å². The molecule has 0 aliphatic carbocycles. The predicted molar refractivity (Wildman–Crippen MR) is 124 cm³/mol. The molecule has 180 valence electrons. The zero-order valence-corrected chi connectivity index (χ0v) is 20.6. The number of aryl methyl sites for hydroxylation is 1. The van der Waals surface area contributed by atoms with Crippen molar-refractivity contribution in [1.29, 1.82) is 0 Å². The van der Waals surface area contributed by atoms with Crippen LogP contribution in [0.2, 0.25) is 0 Å². The molecule has 0 heterocycles. The van der Waals surface area contributed by atoms with Crippen molar-refractivity contribution in [3.63, 3.8) is 0 Å². The Bertz CT molecular complexity index is 778. The number of carbonyl (C=O) groups excluding carboxylic acids is 3. The Hall–Kier alpha value is -2.61. The molecular weight excluding hydrogens is 410 g/mol. The summed E-state index contributed by atoms with van der Waals surface area (Å²) in [5.41, 5.74) is 0.486. The lowest BCUT2D eigenvalue weighted by molar-refractivity contribution is -0.143. The van der Waals surface area contributed by atoms with Gasteiger partial charge in [0.15, 0.2) is 0 Å². The van der Waals surface area contributed by atoms with E-state index >= 15 is 0 Å². The van der Waals surface area contributed by atoms with Gasteiger partial charge in [-0.3, -0.25) is 9.59 Å². The largest absolute Gasteiger partial charge is 0.444 e. The highest BCUT2D eigenvalue weighted by Gasteiger charge is 2.35. The number of aliphatic hydroxyl groups excluding tert-OH is 1. The lowest BCUT2D eigenvalue weighted by atomic mass is 9.99. The summed E-state index contributed by atoms with van der Waals surface area (Å²) < 4.78 is 5.23. The fourth-order valence-corrected chi connectivity index (χ4v) is 3.12. The summed E-state index contributed by atoms with van der Waals surface area (Å²) in [6.45, 7) is 13.9. The van der Waals surface area contributed by atoms with Crippen LogP contribution in [-0.4, -0.2) is 58.2 Å². The smallest absolute Gasteiger partial charge is 0.408 e. The molecule has 0 saturated heterocycles. The molecule has 0 saturated carbocycles. The highest BCUT2D eigenvalue weighted by Crippen LogP contribution is 2.24. The van der Waals surface area contributed by atoms with Crippen LogP contribution in [-0.2, 0) is 20.7 Å². The molecule has 8 nitrogen and oxygen atoms in total. The van der Waals surface area contributed by atoms with E-state index in [9.17, 15) is 19.5 Å². The third kappa shape index (κ3) is 8.86. The fraction of sp³-hybridized carbons (Fsp3) is 0.625. The first-order valence-corrected chi connectivity index (χ1v) is 11.0. The summed E-state index contributed by atoms with van der Waals surface area (Å²) in [6, 6.07) is 5.52. The Morgan fingerprint density at radius 3 is 2.06 bits per heavy atom. The summed E-state index contributed by atoms with van der Waals surface area (Å²) in [4.78, 5) is 40.0. The van der Waals surface area contributed by atoms with Gasteiger partial charge in [-0.2, -0.15) is 0 Å². The van der Waals surface area contributed by atoms with Crippen LogP contribution in [0.15, 0.2) is 24.3 Å². The molecule has 1 rings (SSSR count). The van der Waals surface area contributed by atoms with Crippen LogP contribution < -0.4 is 10.6 Å². The van der Waals surface area contributed by atoms with E-state index in [1.54, 1.807) is 20.8 Å². The molecule has 32 heavy (non-hydrogen) atoms. The summed E-state index contributed by atoms with van der Waals surface area (Å²) in [7, 11) is 0. The zero-order valence-electron chi connectivity index (χ0n) is 20.6. The molecule has 0 bridgehead atoms. The first-order valence-electron chi connectivity index (χ1n) is 11.0. The second-order valence-corrected chi connectivity index (χ2v) is 9.86. The highest BCUT2D eigenvalue weighted by molar-refractivity contribution is 5.92. The van der Waals surface area contributed by atoms with Crippen molar-refractivity contribution in [3.05, 3.63) is 35.4 Å². The maximum atomic E-state index is 13.3. The number of benzene rings is 1. The Labute approximate surface area is 191 Å². The molecule has 3 N–H and O–H groups in total. The van der Waals surface area contributed by atoms with Crippen molar-refractivity contribution in [3.8, 4) is 0 Å². The average molecular weight is 450 g/mol. The van der Waals surface area contributed by atoms with Crippen LogP contribution in [0.25, 0.3) is 0 Å². The quantitative estimate of drug-likeness (QED) is 0.566. The average Bonchev–Trinajstić information content (AvgIpc) is 2.64. The molecule has 0 radical (unpaired) electrons. The molecule has 0 fully saturated rings. The number of amides is 3. The number of alkyl carbamates (subject to hydrolysis) is 1. The van der Waals surface area contributed by atoms with Crippen molar-refractivity contribution < 1.29 is 24.2 Å². The maximum Gasteiger partial charge on any atom is 0.408 e. The van der Waals surface area contributed by atoms with E-state index in [4.69, 9.17) is 4.74 Å². The molecular formula is C24H39N3O5. The predicted octanol–water partition coefficient (Wildman–Crippen LogP) is 2.94. The van der Waals surface area contributed by atoms with Crippen molar-refractivity contribution in [2.24, 2.45) is 0 Å². The molecule has 0 spiro atoms. The number of rotatable bonds is 8. The minimum Gasteiger partial charge on any atom is -0.444 e. The van der Waals surface area contributed by atoms with Gasteiger partial charge in [-0.15, -0.1) is 0 Å². The van der Waals surface area contributed by atoms with Crippen LogP contribution >= 0.6 is 0 Å². The number of carbonyl (C=O) groups is 3. The summed E-state index contributed by atoms with van der Waals surface area (Å²) in [6.07, 6.45) is 0.111. The molecule has 0 aliphatic rings. The van der Waals surface area contributed by atoms with Crippen LogP contribution in [0.3, 0.4) is 0 Å². The third-order valence-corrected chi connectivity index (χ3v) is 4.49. The minimum absolute atomic E-state index is 0.0725. The molecule has 1 aromatic rings. The molecule has 8 heteroatoms. The van der Waals surface area contributed by atoms with Crippen LogP contribution in [0.5, 0.6) is 0 Å². The van der Waals surface area contributed by atoms with E-state index in [1.807, 2.05) is 52.0 Å².